The van der Waals surface area contributed by atoms with Crippen molar-refractivity contribution in [3.63, 3.8) is 0 Å². The first-order valence-corrected chi connectivity index (χ1v) is 5.54. The topological polar surface area (TPSA) is 99.4 Å². The number of ether oxygens (including phenoxy) is 2. The molecule has 0 radical (unpaired) electrons. The second-order valence-corrected chi connectivity index (χ2v) is 3.92. The van der Waals surface area contributed by atoms with Crippen LogP contribution in [-0.2, 0) is 9.47 Å². The van der Waals surface area contributed by atoms with Gasteiger partial charge in [0, 0.05) is 6.61 Å². The van der Waals surface area contributed by atoms with Gasteiger partial charge in [-0.3, -0.25) is 0 Å². The molecule has 0 aromatic carbocycles. The van der Waals surface area contributed by atoms with Gasteiger partial charge in [0.2, 0.25) is 0 Å². The highest BCUT2D eigenvalue weighted by Gasteiger charge is 2.44. The molecule has 1 aliphatic rings. The SMILES string of the molecule is CCCCO[C@@H]1[C@@H](O)[C@@H](O)O[C@H](CO)[C@H]1O. The number of hydrogen-bond donors (Lipinski definition) is 4. The molecule has 1 heterocycles. The van der Waals surface area contributed by atoms with E-state index >= 15 is 0 Å². The van der Waals surface area contributed by atoms with E-state index in [2.05, 4.69) is 0 Å². The van der Waals surface area contributed by atoms with Crippen LogP contribution in [0.2, 0.25) is 0 Å². The molecule has 5 atom stereocenters. The lowest BCUT2D eigenvalue weighted by Crippen LogP contribution is -2.59. The molecule has 0 spiro atoms. The van der Waals surface area contributed by atoms with Gasteiger partial charge >= 0.3 is 0 Å². The fourth-order valence-corrected chi connectivity index (χ4v) is 1.63. The largest absolute Gasteiger partial charge is 0.394 e. The summed E-state index contributed by atoms with van der Waals surface area (Å²) in [5, 5.41) is 37.6. The molecule has 0 unspecified atom stereocenters. The van der Waals surface area contributed by atoms with E-state index < -0.39 is 37.3 Å². The Balaban J connectivity index is 2.55. The summed E-state index contributed by atoms with van der Waals surface area (Å²) in [5.74, 6) is 0. The van der Waals surface area contributed by atoms with Crippen LogP contribution in [0.1, 0.15) is 19.8 Å². The summed E-state index contributed by atoms with van der Waals surface area (Å²) in [6, 6.07) is 0. The lowest BCUT2D eigenvalue weighted by Gasteiger charge is -2.39. The highest BCUT2D eigenvalue weighted by atomic mass is 16.6. The highest BCUT2D eigenvalue weighted by molar-refractivity contribution is 4.89. The summed E-state index contributed by atoms with van der Waals surface area (Å²) in [6.45, 7) is 1.95. The summed E-state index contributed by atoms with van der Waals surface area (Å²) < 4.78 is 10.1. The molecule has 0 saturated carbocycles. The second-order valence-electron chi connectivity index (χ2n) is 3.92. The molecule has 0 bridgehead atoms. The minimum absolute atomic E-state index is 0.389. The molecule has 6 heteroatoms. The zero-order valence-electron chi connectivity index (χ0n) is 9.32. The maximum absolute atomic E-state index is 9.74. The average Bonchev–Trinajstić information content (AvgIpc) is 2.28. The van der Waals surface area contributed by atoms with E-state index in [0.717, 1.165) is 12.8 Å². The van der Waals surface area contributed by atoms with Gasteiger partial charge in [-0.2, -0.15) is 0 Å². The van der Waals surface area contributed by atoms with Crippen molar-refractivity contribution in [1.29, 1.82) is 0 Å². The van der Waals surface area contributed by atoms with E-state index in [-0.39, 0.29) is 0 Å². The van der Waals surface area contributed by atoms with Crippen LogP contribution in [0.3, 0.4) is 0 Å². The highest BCUT2D eigenvalue weighted by Crippen LogP contribution is 2.22. The monoisotopic (exact) mass is 236 g/mol. The van der Waals surface area contributed by atoms with E-state index in [1.165, 1.54) is 0 Å². The van der Waals surface area contributed by atoms with Gasteiger partial charge in [-0.05, 0) is 6.42 Å². The van der Waals surface area contributed by atoms with Crippen molar-refractivity contribution in [1.82, 2.24) is 0 Å². The Hall–Kier alpha value is -0.240. The van der Waals surface area contributed by atoms with E-state index in [9.17, 15) is 15.3 Å². The number of aliphatic hydroxyl groups is 4. The standard InChI is InChI=1S/C10H20O6/c1-2-3-4-15-9-7(12)6(5-11)16-10(14)8(9)13/h6-14H,2-5H2,1H3/t6-,7-,8-,9+,10+/m1/s1. The van der Waals surface area contributed by atoms with Gasteiger partial charge in [-0.1, -0.05) is 13.3 Å². The third-order valence-electron chi connectivity index (χ3n) is 2.65. The molecule has 0 aromatic heterocycles. The molecule has 16 heavy (non-hydrogen) atoms. The molecule has 6 nitrogen and oxygen atoms in total. The fourth-order valence-electron chi connectivity index (χ4n) is 1.63. The second kappa shape index (κ2) is 6.48. The summed E-state index contributed by atoms with van der Waals surface area (Å²) in [6.07, 6.45) is -3.99. The normalized spacial score (nSPS) is 39.9. The molecule has 0 amide bonds. The molecule has 4 N–H and O–H groups in total. The third-order valence-corrected chi connectivity index (χ3v) is 2.65. The van der Waals surface area contributed by atoms with Crippen molar-refractivity contribution in [2.24, 2.45) is 0 Å². The summed E-state index contributed by atoms with van der Waals surface area (Å²) in [7, 11) is 0. The number of rotatable bonds is 5. The van der Waals surface area contributed by atoms with Crippen molar-refractivity contribution >= 4 is 0 Å². The van der Waals surface area contributed by atoms with Crippen molar-refractivity contribution in [3.8, 4) is 0 Å². The fraction of sp³-hybridized carbons (Fsp3) is 1.00. The Morgan fingerprint density at radius 2 is 1.88 bits per heavy atom. The maximum Gasteiger partial charge on any atom is 0.184 e. The van der Waals surface area contributed by atoms with Gasteiger partial charge in [0.05, 0.1) is 6.61 Å². The van der Waals surface area contributed by atoms with Gasteiger partial charge < -0.3 is 29.9 Å². The maximum atomic E-state index is 9.74. The molecule has 96 valence electrons. The van der Waals surface area contributed by atoms with E-state index in [4.69, 9.17) is 14.6 Å². The molecule has 0 aromatic rings. The molecular formula is C10H20O6. The Morgan fingerprint density at radius 3 is 2.44 bits per heavy atom. The zero-order chi connectivity index (χ0) is 12.1. The van der Waals surface area contributed by atoms with Crippen molar-refractivity contribution in [3.05, 3.63) is 0 Å². The Kier molecular flexibility index (Phi) is 5.60. The average molecular weight is 236 g/mol. The van der Waals surface area contributed by atoms with Gasteiger partial charge in [-0.25, -0.2) is 0 Å². The lowest BCUT2D eigenvalue weighted by atomic mass is 9.99. The summed E-state index contributed by atoms with van der Waals surface area (Å²) in [5.41, 5.74) is 0. The first-order chi connectivity index (χ1) is 7.61. The number of unbranched alkanes of at least 4 members (excludes halogenated alkanes) is 1. The van der Waals surface area contributed by atoms with Crippen LogP contribution in [0.25, 0.3) is 0 Å². The predicted molar refractivity (Wildman–Crippen MR) is 54.6 cm³/mol. The minimum atomic E-state index is -1.44. The van der Waals surface area contributed by atoms with Gasteiger partial charge in [-0.15, -0.1) is 0 Å². The molecule has 1 saturated heterocycles. The van der Waals surface area contributed by atoms with Crippen LogP contribution in [0.5, 0.6) is 0 Å². The molecule has 0 aliphatic carbocycles. The molecule has 1 aliphatic heterocycles. The number of hydrogen-bond acceptors (Lipinski definition) is 6. The Bertz CT molecular complexity index is 200. The van der Waals surface area contributed by atoms with Crippen molar-refractivity contribution in [2.75, 3.05) is 13.2 Å². The Labute approximate surface area is 94.4 Å². The number of aliphatic hydroxyl groups excluding tert-OH is 4. The van der Waals surface area contributed by atoms with Crippen molar-refractivity contribution in [2.45, 2.75) is 50.5 Å². The third kappa shape index (κ3) is 3.13. The van der Waals surface area contributed by atoms with Crippen LogP contribution in [0.15, 0.2) is 0 Å². The molecule has 1 rings (SSSR count). The minimum Gasteiger partial charge on any atom is -0.394 e. The molecular weight excluding hydrogens is 216 g/mol. The zero-order valence-corrected chi connectivity index (χ0v) is 9.32. The van der Waals surface area contributed by atoms with Crippen LogP contribution in [-0.4, -0.2) is 64.3 Å². The van der Waals surface area contributed by atoms with Gasteiger partial charge in [0.25, 0.3) is 0 Å². The van der Waals surface area contributed by atoms with Crippen LogP contribution in [0.4, 0.5) is 0 Å². The predicted octanol–water partition coefficient (Wildman–Crippen LogP) is -1.40. The Morgan fingerprint density at radius 1 is 1.19 bits per heavy atom. The summed E-state index contributed by atoms with van der Waals surface area (Å²) in [4.78, 5) is 0. The van der Waals surface area contributed by atoms with Crippen LogP contribution in [0, 0.1) is 0 Å². The first-order valence-electron chi connectivity index (χ1n) is 5.54. The van der Waals surface area contributed by atoms with Crippen LogP contribution >= 0.6 is 0 Å². The quantitative estimate of drug-likeness (QED) is 0.438. The van der Waals surface area contributed by atoms with E-state index in [0.29, 0.717) is 6.61 Å². The first kappa shape index (κ1) is 13.8. The van der Waals surface area contributed by atoms with E-state index in [1.807, 2.05) is 6.92 Å². The summed E-state index contributed by atoms with van der Waals surface area (Å²) >= 11 is 0. The lowest BCUT2D eigenvalue weighted by molar-refractivity contribution is -0.294. The van der Waals surface area contributed by atoms with E-state index in [1.54, 1.807) is 0 Å². The van der Waals surface area contributed by atoms with Gasteiger partial charge in [0.15, 0.2) is 6.29 Å². The molecule has 1 fully saturated rings. The van der Waals surface area contributed by atoms with Crippen LogP contribution < -0.4 is 0 Å². The van der Waals surface area contributed by atoms with Gasteiger partial charge in [0.1, 0.15) is 24.4 Å². The smallest absolute Gasteiger partial charge is 0.184 e. The van der Waals surface area contributed by atoms with Crippen molar-refractivity contribution < 1.29 is 29.9 Å².